The maximum atomic E-state index is 11.0. The Balaban J connectivity index is 1.74. The van der Waals surface area contributed by atoms with Gasteiger partial charge in [0.1, 0.15) is 23.8 Å². The molecule has 0 bridgehead atoms. The van der Waals surface area contributed by atoms with Gasteiger partial charge in [-0.3, -0.25) is 4.79 Å². The highest BCUT2D eigenvalue weighted by Crippen LogP contribution is 2.28. The number of nitrogens with zero attached hydrogens (tertiary/aromatic N) is 1. The summed E-state index contributed by atoms with van der Waals surface area (Å²) >= 11 is 6.16. The van der Waals surface area contributed by atoms with Crippen molar-refractivity contribution < 1.29 is 13.9 Å². The van der Waals surface area contributed by atoms with E-state index in [2.05, 4.69) is 4.98 Å². The van der Waals surface area contributed by atoms with Gasteiger partial charge in [0.15, 0.2) is 0 Å². The summed E-state index contributed by atoms with van der Waals surface area (Å²) in [5, 5.41) is 0.577. The van der Waals surface area contributed by atoms with Gasteiger partial charge >= 0.3 is 0 Å². The number of oxazole rings is 1. The number of benzene rings is 2. The predicted octanol–water partition coefficient (Wildman–Crippen LogP) is 3.98. The molecule has 0 aliphatic rings. The highest BCUT2D eigenvalue weighted by molar-refractivity contribution is 6.33. The first-order chi connectivity index (χ1) is 11.5. The lowest BCUT2D eigenvalue weighted by Crippen LogP contribution is -2.10. The molecule has 0 aliphatic heterocycles. The normalized spacial score (nSPS) is 10.6. The number of rotatable bonds is 5. The van der Waals surface area contributed by atoms with E-state index in [1.54, 1.807) is 30.3 Å². The minimum Gasteiger partial charge on any atom is -0.487 e. The lowest BCUT2D eigenvalue weighted by molar-refractivity contribution is 0.1000. The Morgan fingerprint density at radius 1 is 1.21 bits per heavy atom. The lowest BCUT2D eigenvalue weighted by atomic mass is 10.2. The van der Waals surface area contributed by atoms with Crippen LogP contribution in [0.25, 0.3) is 11.5 Å². The van der Waals surface area contributed by atoms with Crippen molar-refractivity contribution in [2.24, 2.45) is 5.73 Å². The van der Waals surface area contributed by atoms with Crippen LogP contribution in [0.4, 0.5) is 0 Å². The van der Waals surface area contributed by atoms with Crippen molar-refractivity contribution in [1.29, 1.82) is 0 Å². The second kappa shape index (κ2) is 6.76. The monoisotopic (exact) mass is 342 g/mol. The van der Waals surface area contributed by atoms with E-state index in [-0.39, 0.29) is 6.61 Å². The number of aryl methyl sites for hydroxylation is 1. The zero-order valence-electron chi connectivity index (χ0n) is 13.0. The number of hydrogen-bond donors (Lipinski definition) is 1. The summed E-state index contributed by atoms with van der Waals surface area (Å²) in [5.74, 6) is 1.26. The van der Waals surface area contributed by atoms with Crippen molar-refractivity contribution >= 4 is 17.5 Å². The smallest absolute Gasteiger partial charge is 0.248 e. The molecule has 0 saturated carbocycles. The number of hydrogen-bond acceptors (Lipinski definition) is 4. The second-order valence-corrected chi connectivity index (χ2v) is 5.59. The number of nitrogens with two attached hydrogens (primary N) is 1. The molecule has 1 aromatic heterocycles. The molecule has 0 fully saturated rings. The Labute approximate surface area is 144 Å². The van der Waals surface area contributed by atoms with E-state index < -0.39 is 5.91 Å². The third kappa shape index (κ3) is 3.41. The molecule has 5 nitrogen and oxygen atoms in total. The number of halogens is 1. The van der Waals surface area contributed by atoms with Crippen LogP contribution in [0.2, 0.25) is 5.02 Å². The topological polar surface area (TPSA) is 78.3 Å². The quantitative estimate of drug-likeness (QED) is 0.760. The molecule has 3 rings (SSSR count). The summed E-state index contributed by atoms with van der Waals surface area (Å²) < 4.78 is 11.4. The summed E-state index contributed by atoms with van der Waals surface area (Å²) in [7, 11) is 0. The van der Waals surface area contributed by atoms with Gasteiger partial charge in [0.05, 0.1) is 10.6 Å². The number of primary amides is 1. The fourth-order valence-electron chi connectivity index (χ4n) is 2.18. The molecule has 6 heteroatoms. The van der Waals surface area contributed by atoms with E-state index in [9.17, 15) is 4.79 Å². The van der Waals surface area contributed by atoms with Gasteiger partial charge in [-0.25, -0.2) is 4.98 Å². The summed E-state index contributed by atoms with van der Waals surface area (Å²) in [5.41, 5.74) is 7.06. The summed E-state index contributed by atoms with van der Waals surface area (Å²) in [6.07, 6.45) is 0. The Morgan fingerprint density at radius 2 is 1.92 bits per heavy atom. The zero-order valence-corrected chi connectivity index (χ0v) is 13.7. The molecule has 2 aromatic carbocycles. The van der Waals surface area contributed by atoms with E-state index in [1.165, 1.54) is 0 Å². The maximum absolute atomic E-state index is 11.0. The zero-order chi connectivity index (χ0) is 17.1. The van der Waals surface area contributed by atoms with Crippen LogP contribution in [0.1, 0.15) is 21.8 Å². The number of carbonyl (C=O) groups is 1. The second-order valence-electron chi connectivity index (χ2n) is 5.18. The Morgan fingerprint density at radius 3 is 2.58 bits per heavy atom. The third-order valence-electron chi connectivity index (χ3n) is 3.51. The number of carbonyl (C=O) groups excluding carboxylic acids is 1. The Bertz CT molecular complexity index is 872. The Hall–Kier alpha value is -2.79. The first-order valence-corrected chi connectivity index (χ1v) is 7.66. The highest BCUT2D eigenvalue weighted by Gasteiger charge is 2.14. The minimum atomic E-state index is -0.474. The molecular weight excluding hydrogens is 328 g/mol. The van der Waals surface area contributed by atoms with Crippen molar-refractivity contribution in [2.45, 2.75) is 13.5 Å². The lowest BCUT2D eigenvalue weighted by Gasteiger charge is -2.04. The number of amides is 1. The molecule has 0 radical (unpaired) electrons. The molecule has 2 N–H and O–H groups in total. The SMILES string of the molecule is Cc1oc(-c2ccccc2Cl)nc1COc1ccc(C(N)=O)cc1. The van der Waals surface area contributed by atoms with Crippen molar-refractivity contribution in [2.75, 3.05) is 0 Å². The van der Waals surface area contributed by atoms with Crippen LogP contribution in [-0.2, 0) is 6.61 Å². The van der Waals surface area contributed by atoms with Crippen molar-refractivity contribution in [1.82, 2.24) is 4.98 Å². The molecule has 0 saturated heterocycles. The fraction of sp³-hybridized carbons (Fsp3) is 0.111. The minimum absolute atomic E-state index is 0.246. The molecule has 3 aromatic rings. The van der Waals surface area contributed by atoms with Gasteiger partial charge in [-0.05, 0) is 43.3 Å². The van der Waals surface area contributed by atoms with Crippen LogP contribution in [-0.4, -0.2) is 10.9 Å². The van der Waals surface area contributed by atoms with Gasteiger partial charge < -0.3 is 14.9 Å². The molecule has 0 aliphatic carbocycles. The first-order valence-electron chi connectivity index (χ1n) is 7.28. The number of aromatic nitrogens is 1. The average Bonchev–Trinajstić information content (AvgIpc) is 2.94. The van der Waals surface area contributed by atoms with E-state index in [0.29, 0.717) is 33.7 Å². The van der Waals surface area contributed by atoms with E-state index in [4.69, 9.17) is 26.5 Å². The molecule has 0 unspecified atom stereocenters. The van der Waals surface area contributed by atoms with Gasteiger partial charge in [-0.15, -0.1) is 0 Å². The van der Waals surface area contributed by atoms with Crippen LogP contribution < -0.4 is 10.5 Å². The summed E-state index contributed by atoms with van der Waals surface area (Å²) in [4.78, 5) is 15.5. The van der Waals surface area contributed by atoms with E-state index >= 15 is 0 Å². The standard InChI is InChI=1S/C18H15ClN2O3/c1-11-16(10-23-13-8-6-12(7-9-13)17(20)22)21-18(24-11)14-4-2-3-5-15(14)19/h2-9H,10H2,1H3,(H2,20,22). The predicted molar refractivity (Wildman–Crippen MR) is 91.0 cm³/mol. The highest BCUT2D eigenvalue weighted by atomic mass is 35.5. The largest absolute Gasteiger partial charge is 0.487 e. The van der Waals surface area contributed by atoms with Crippen LogP contribution in [0.5, 0.6) is 5.75 Å². The van der Waals surface area contributed by atoms with Crippen LogP contribution in [0.15, 0.2) is 52.9 Å². The van der Waals surface area contributed by atoms with E-state index in [1.807, 2.05) is 25.1 Å². The summed E-state index contributed by atoms with van der Waals surface area (Å²) in [6, 6.07) is 14.0. The molecular formula is C18H15ClN2O3. The maximum Gasteiger partial charge on any atom is 0.248 e. The summed E-state index contributed by atoms with van der Waals surface area (Å²) in [6.45, 7) is 2.07. The van der Waals surface area contributed by atoms with Crippen LogP contribution in [0, 0.1) is 6.92 Å². The molecule has 0 spiro atoms. The van der Waals surface area contributed by atoms with Crippen LogP contribution >= 0.6 is 11.6 Å². The fourth-order valence-corrected chi connectivity index (χ4v) is 2.40. The van der Waals surface area contributed by atoms with Gasteiger partial charge in [-0.2, -0.15) is 0 Å². The average molecular weight is 343 g/mol. The molecule has 122 valence electrons. The number of ether oxygens (including phenoxy) is 1. The first kappa shape index (κ1) is 16.1. The van der Waals surface area contributed by atoms with Crippen LogP contribution in [0.3, 0.4) is 0 Å². The molecule has 1 heterocycles. The van der Waals surface area contributed by atoms with Crippen molar-refractivity contribution in [3.05, 3.63) is 70.6 Å². The van der Waals surface area contributed by atoms with Crippen molar-refractivity contribution in [3.63, 3.8) is 0 Å². The molecule has 0 atom stereocenters. The van der Waals surface area contributed by atoms with Gasteiger partial charge in [0.25, 0.3) is 0 Å². The third-order valence-corrected chi connectivity index (χ3v) is 3.84. The van der Waals surface area contributed by atoms with Crippen molar-refractivity contribution in [3.8, 4) is 17.2 Å². The molecule has 1 amide bonds. The van der Waals surface area contributed by atoms with Gasteiger partial charge in [0.2, 0.25) is 11.8 Å². The van der Waals surface area contributed by atoms with Gasteiger partial charge in [-0.1, -0.05) is 23.7 Å². The molecule has 24 heavy (non-hydrogen) atoms. The Kier molecular flexibility index (Phi) is 4.53. The van der Waals surface area contributed by atoms with E-state index in [0.717, 1.165) is 5.56 Å². The van der Waals surface area contributed by atoms with Gasteiger partial charge in [0, 0.05) is 5.56 Å².